The minimum Gasteiger partial charge on any atom is -0.497 e. The molecule has 170 valence electrons. The maximum absolute atomic E-state index is 12.8. The number of methoxy groups -OCH3 is 1. The van der Waals surface area contributed by atoms with Crippen molar-refractivity contribution in [3.8, 4) is 17.0 Å². The van der Waals surface area contributed by atoms with Gasteiger partial charge < -0.3 is 15.0 Å². The summed E-state index contributed by atoms with van der Waals surface area (Å²) in [6, 6.07) is 15.4. The van der Waals surface area contributed by atoms with Gasteiger partial charge in [-0.2, -0.15) is 0 Å². The molecule has 9 heteroatoms. The number of carbonyl (C=O) groups is 1. The highest BCUT2D eigenvalue weighted by atomic mass is 35.5. The highest BCUT2D eigenvalue weighted by Crippen LogP contribution is 2.30. The molecule has 7 nitrogen and oxygen atoms in total. The van der Waals surface area contributed by atoms with E-state index in [1.807, 2.05) is 59.2 Å². The molecule has 1 N–H and O–H groups in total. The Kier molecular flexibility index (Phi) is 6.20. The van der Waals surface area contributed by atoms with E-state index >= 15 is 0 Å². The van der Waals surface area contributed by atoms with Crippen LogP contribution in [0.4, 0.5) is 5.13 Å². The fourth-order valence-corrected chi connectivity index (χ4v) is 5.19. The highest BCUT2D eigenvalue weighted by Gasteiger charge is 2.28. The number of hydrogen-bond donors (Lipinski definition) is 1. The Morgan fingerprint density at radius 3 is 2.88 bits per heavy atom. The maximum atomic E-state index is 12.8. The molecule has 1 saturated heterocycles. The van der Waals surface area contributed by atoms with Crippen LogP contribution in [0, 0.1) is 5.92 Å². The van der Waals surface area contributed by atoms with Crippen molar-refractivity contribution in [2.45, 2.75) is 19.4 Å². The van der Waals surface area contributed by atoms with Crippen LogP contribution in [0.3, 0.4) is 0 Å². The van der Waals surface area contributed by atoms with E-state index in [4.69, 9.17) is 26.4 Å². The number of hydrogen-bond acceptors (Lipinski definition) is 6. The smallest absolute Gasteiger partial charge is 0.225 e. The molecule has 0 saturated carbocycles. The molecule has 3 heterocycles. The second-order valence-electron chi connectivity index (χ2n) is 8.10. The maximum Gasteiger partial charge on any atom is 0.225 e. The molecule has 33 heavy (non-hydrogen) atoms. The van der Waals surface area contributed by atoms with Gasteiger partial charge in [-0.05, 0) is 54.8 Å². The summed E-state index contributed by atoms with van der Waals surface area (Å²) in [6.45, 7) is 2.03. The molecule has 0 spiro atoms. The molecular weight excluding hydrogens is 458 g/mol. The van der Waals surface area contributed by atoms with Crippen molar-refractivity contribution in [2.24, 2.45) is 5.92 Å². The predicted molar refractivity (Wildman–Crippen MR) is 131 cm³/mol. The van der Waals surface area contributed by atoms with Crippen LogP contribution in [-0.4, -0.2) is 40.7 Å². The van der Waals surface area contributed by atoms with Crippen LogP contribution in [0.2, 0.25) is 5.02 Å². The summed E-state index contributed by atoms with van der Waals surface area (Å²) in [7, 11) is 1.65. The normalized spacial score (nSPS) is 16.2. The number of halogens is 1. The average molecular weight is 482 g/mol. The zero-order valence-corrected chi connectivity index (χ0v) is 19.8. The largest absolute Gasteiger partial charge is 0.497 e. The van der Waals surface area contributed by atoms with Crippen LogP contribution < -0.4 is 15.0 Å². The minimum absolute atomic E-state index is 0.0657. The number of nitrogens with one attached hydrogen (secondary N) is 1. The molecule has 1 fully saturated rings. The first-order chi connectivity index (χ1) is 16.1. The number of anilines is 1. The lowest BCUT2D eigenvalue weighted by Crippen LogP contribution is -2.43. The summed E-state index contributed by atoms with van der Waals surface area (Å²) in [5.74, 6) is 0.822. The molecule has 0 radical (unpaired) electrons. The summed E-state index contributed by atoms with van der Waals surface area (Å²) in [4.78, 5) is 20.6. The molecule has 1 aliphatic heterocycles. The number of benzene rings is 2. The number of piperidine rings is 1. The van der Waals surface area contributed by atoms with Crippen molar-refractivity contribution in [3.05, 3.63) is 65.3 Å². The van der Waals surface area contributed by atoms with Crippen molar-refractivity contribution < 1.29 is 9.53 Å². The highest BCUT2D eigenvalue weighted by molar-refractivity contribution is 7.20. The van der Waals surface area contributed by atoms with E-state index in [-0.39, 0.29) is 11.8 Å². The molecule has 5 rings (SSSR count). The van der Waals surface area contributed by atoms with Gasteiger partial charge in [0.25, 0.3) is 0 Å². The number of imidazole rings is 1. The van der Waals surface area contributed by atoms with Crippen molar-refractivity contribution in [1.29, 1.82) is 0 Å². The topological polar surface area (TPSA) is 71.8 Å². The van der Waals surface area contributed by atoms with Gasteiger partial charge in [0, 0.05) is 30.2 Å². The lowest BCUT2D eigenvalue weighted by molar-refractivity contribution is -0.125. The van der Waals surface area contributed by atoms with Crippen LogP contribution in [0.25, 0.3) is 16.2 Å². The van der Waals surface area contributed by atoms with Crippen LogP contribution in [0.1, 0.15) is 18.4 Å². The summed E-state index contributed by atoms with van der Waals surface area (Å²) in [6.07, 6.45) is 3.77. The molecule has 2 aromatic heterocycles. The molecule has 1 atom stereocenters. The van der Waals surface area contributed by atoms with Gasteiger partial charge in [0.2, 0.25) is 16.0 Å². The van der Waals surface area contributed by atoms with Crippen molar-refractivity contribution >= 4 is 38.9 Å². The number of carbonyl (C=O) groups excluding carboxylic acids is 1. The Hall–Kier alpha value is -3.10. The number of nitrogens with zero attached hydrogens (tertiary/aromatic N) is 4. The average Bonchev–Trinajstić information content (AvgIpc) is 3.42. The first-order valence-electron chi connectivity index (χ1n) is 10.9. The molecule has 0 aliphatic carbocycles. The first kappa shape index (κ1) is 21.7. The fraction of sp³-hybridized carbons (Fsp3) is 0.292. The van der Waals surface area contributed by atoms with Gasteiger partial charge in [-0.25, -0.2) is 9.50 Å². The number of ether oxygens (including phenoxy) is 1. The molecule has 1 amide bonds. The Morgan fingerprint density at radius 2 is 2.12 bits per heavy atom. The lowest BCUT2D eigenvalue weighted by Gasteiger charge is -2.31. The Morgan fingerprint density at radius 1 is 1.27 bits per heavy atom. The first-order valence-corrected chi connectivity index (χ1v) is 12.1. The summed E-state index contributed by atoms with van der Waals surface area (Å²) < 4.78 is 7.05. The second kappa shape index (κ2) is 9.41. The molecule has 1 unspecified atom stereocenters. The van der Waals surface area contributed by atoms with Gasteiger partial charge in [0.15, 0.2) is 0 Å². The zero-order valence-electron chi connectivity index (χ0n) is 18.2. The van der Waals surface area contributed by atoms with Gasteiger partial charge in [0.1, 0.15) is 5.75 Å². The molecule has 2 aromatic carbocycles. The van der Waals surface area contributed by atoms with E-state index in [0.717, 1.165) is 52.0 Å². The predicted octanol–water partition coefficient (Wildman–Crippen LogP) is 4.65. The van der Waals surface area contributed by atoms with Crippen molar-refractivity contribution in [3.63, 3.8) is 0 Å². The van der Waals surface area contributed by atoms with Crippen LogP contribution >= 0.6 is 22.9 Å². The Balaban J connectivity index is 1.24. The van der Waals surface area contributed by atoms with Crippen LogP contribution in [0.15, 0.2) is 54.7 Å². The second-order valence-corrected chi connectivity index (χ2v) is 9.47. The fourth-order valence-electron chi connectivity index (χ4n) is 4.06. The van der Waals surface area contributed by atoms with Crippen molar-refractivity contribution in [1.82, 2.24) is 19.9 Å². The summed E-state index contributed by atoms with van der Waals surface area (Å²) >= 11 is 7.59. The quantitative estimate of drug-likeness (QED) is 0.434. The van der Waals surface area contributed by atoms with Crippen LogP contribution in [-0.2, 0) is 11.3 Å². The van der Waals surface area contributed by atoms with E-state index in [1.54, 1.807) is 18.4 Å². The molecule has 0 bridgehead atoms. The van der Waals surface area contributed by atoms with E-state index in [2.05, 4.69) is 10.2 Å². The standard InChI is InChI=1S/C24H24ClN5O2S/c1-32-20-9-7-17(8-10-20)21-15-30-23(27-21)33-24(28-30)29-11-3-5-18(14-29)22(31)26-13-16-4-2-6-19(25)12-16/h2,4,6-10,12,15,18H,3,5,11,13-14H2,1H3,(H,26,31). The van der Waals surface area contributed by atoms with Gasteiger partial charge in [0.05, 0.1) is 24.9 Å². The van der Waals surface area contributed by atoms with E-state index in [0.29, 0.717) is 18.1 Å². The SMILES string of the molecule is COc1ccc(-c2cn3nc(N4CCCC(C(=O)NCc5cccc(Cl)c5)C4)sc3n2)cc1. The molecule has 4 aromatic rings. The Labute approximate surface area is 201 Å². The lowest BCUT2D eigenvalue weighted by atomic mass is 9.97. The van der Waals surface area contributed by atoms with Gasteiger partial charge in [-0.1, -0.05) is 35.1 Å². The summed E-state index contributed by atoms with van der Waals surface area (Å²) in [5, 5.41) is 9.37. The van der Waals surface area contributed by atoms with E-state index < -0.39 is 0 Å². The van der Waals surface area contributed by atoms with Crippen molar-refractivity contribution in [2.75, 3.05) is 25.1 Å². The third-order valence-electron chi connectivity index (χ3n) is 5.84. The number of rotatable bonds is 6. The zero-order chi connectivity index (χ0) is 22.8. The van der Waals surface area contributed by atoms with E-state index in [9.17, 15) is 4.79 Å². The summed E-state index contributed by atoms with van der Waals surface area (Å²) in [5.41, 5.74) is 2.89. The van der Waals surface area contributed by atoms with Gasteiger partial charge >= 0.3 is 0 Å². The number of fused-ring (bicyclic) bond motifs is 1. The number of amides is 1. The molecular formula is C24H24ClN5O2S. The van der Waals surface area contributed by atoms with E-state index in [1.165, 1.54) is 0 Å². The van der Waals surface area contributed by atoms with Crippen LogP contribution in [0.5, 0.6) is 5.75 Å². The number of aromatic nitrogens is 3. The third kappa shape index (κ3) is 4.82. The third-order valence-corrected chi connectivity index (χ3v) is 7.06. The molecule has 1 aliphatic rings. The van der Waals surface area contributed by atoms with Gasteiger partial charge in [-0.3, -0.25) is 4.79 Å². The van der Waals surface area contributed by atoms with Gasteiger partial charge in [-0.15, -0.1) is 5.10 Å². The minimum atomic E-state index is -0.0657. The Bertz CT molecular complexity index is 1240. The monoisotopic (exact) mass is 481 g/mol.